The Morgan fingerprint density at radius 1 is 1.26 bits per heavy atom. The van der Waals surface area contributed by atoms with Crippen LogP contribution in [-0.2, 0) is 11.5 Å². The van der Waals surface area contributed by atoms with Gasteiger partial charge < -0.3 is 4.98 Å². The first-order valence-corrected chi connectivity index (χ1v) is 7.36. The summed E-state index contributed by atoms with van der Waals surface area (Å²) in [5.74, 6) is 0.0493. The van der Waals surface area contributed by atoms with Crippen LogP contribution in [0.5, 0.6) is 0 Å². The Kier molecular flexibility index (Phi) is 3.18. The number of hydrogen-bond acceptors (Lipinski definition) is 3. The van der Waals surface area contributed by atoms with Gasteiger partial charge in [0.25, 0.3) is 5.56 Å². The minimum Gasteiger partial charge on any atom is -0.306 e. The van der Waals surface area contributed by atoms with Crippen molar-refractivity contribution < 1.29 is 8.78 Å². The SMILES string of the molecule is O=c1[nH]c(-c2cc(F)c(Br)cc2F)nc2c1CSC2. The van der Waals surface area contributed by atoms with Crippen molar-refractivity contribution in [3.05, 3.63) is 49.9 Å². The maximum Gasteiger partial charge on any atom is 0.255 e. The Morgan fingerprint density at radius 3 is 2.84 bits per heavy atom. The molecule has 0 saturated heterocycles. The molecule has 0 atom stereocenters. The molecule has 1 aromatic carbocycles. The summed E-state index contributed by atoms with van der Waals surface area (Å²) in [5.41, 5.74) is 0.934. The van der Waals surface area contributed by atoms with E-state index in [0.717, 1.165) is 12.1 Å². The Labute approximate surface area is 119 Å². The van der Waals surface area contributed by atoms with Gasteiger partial charge in [0, 0.05) is 17.1 Å². The van der Waals surface area contributed by atoms with Crippen LogP contribution in [0.25, 0.3) is 11.4 Å². The van der Waals surface area contributed by atoms with E-state index in [9.17, 15) is 13.6 Å². The van der Waals surface area contributed by atoms with E-state index in [1.807, 2.05) is 0 Å². The van der Waals surface area contributed by atoms with E-state index in [4.69, 9.17) is 0 Å². The zero-order valence-electron chi connectivity index (χ0n) is 9.47. The highest BCUT2D eigenvalue weighted by Crippen LogP contribution is 2.29. The molecule has 0 spiro atoms. The van der Waals surface area contributed by atoms with Gasteiger partial charge in [0.15, 0.2) is 0 Å². The zero-order chi connectivity index (χ0) is 13.6. The van der Waals surface area contributed by atoms with E-state index in [1.54, 1.807) is 11.8 Å². The van der Waals surface area contributed by atoms with Crippen molar-refractivity contribution in [3.8, 4) is 11.4 Å². The van der Waals surface area contributed by atoms with Crippen molar-refractivity contribution in [1.82, 2.24) is 9.97 Å². The minimum atomic E-state index is -0.637. The normalized spacial score (nSPS) is 13.6. The van der Waals surface area contributed by atoms with E-state index in [2.05, 4.69) is 25.9 Å². The summed E-state index contributed by atoms with van der Waals surface area (Å²) in [7, 11) is 0. The number of aromatic nitrogens is 2. The summed E-state index contributed by atoms with van der Waals surface area (Å²) >= 11 is 4.48. The fraction of sp³-hybridized carbons (Fsp3) is 0.167. The molecule has 7 heteroatoms. The van der Waals surface area contributed by atoms with Gasteiger partial charge >= 0.3 is 0 Å². The predicted molar refractivity (Wildman–Crippen MR) is 72.9 cm³/mol. The monoisotopic (exact) mass is 344 g/mol. The van der Waals surface area contributed by atoms with Crippen molar-refractivity contribution >= 4 is 27.7 Å². The maximum atomic E-state index is 13.8. The molecule has 0 aliphatic carbocycles. The standard InChI is InChI=1S/C12H7BrF2N2OS/c13-7-2-8(14)5(1-9(7)15)11-16-10-4-19-3-6(10)12(18)17-11/h1-2H,3-4H2,(H,16,17,18). The van der Waals surface area contributed by atoms with Crippen LogP contribution in [0.2, 0.25) is 0 Å². The van der Waals surface area contributed by atoms with Crippen LogP contribution in [0.4, 0.5) is 8.78 Å². The highest BCUT2D eigenvalue weighted by atomic mass is 79.9. The van der Waals surface area contributed by atoms with Gasteiger partial charge in [-0.25, -0.2) is 13.8 Å². The van der Waals surface area contributed by atoms with Crippen LogP contribution >= 0.6 is 27.7 Å². The molecule has 19 heavy (non-hydrogen) atoms. The number of nitrogens with zero attached hydrogens (tertiary/aromatic N) is 1. The van der Waals surface area contributed by atoms with Gasteiger partial charge in [-0.05, 0) is 28.1 Å². The molecule has 0 radical (unpaired) electrons. The average Bonchev–Trinajstić information content (AvgIpc) is 2.82. The Balaban J connectivity index is 2.21. The first-order chi connectivity index (χ1) is 9.06. The highest BCUT2D eigenvalue weighted by molar-refractivity contribution is 9.10. The number of nitrogens with one attached hydrogen (secondary N) is 1. The first kappa shape index (κ1) is 12.8. The maximum absolute atomic E-state index is 13.8. The van der Waals surface area contributed by atoms with Gasteiger partial charge in [-0.1, -0.05) is 0 Å². The van der Waals surface area contributed by atoms with Gasteiger partial charge in [-0.2, -0.15) is 11.8 Å². The molecule has 0 saturated carbocycles. The molecule has 2 aromatic rings. The van der Waals surface area contributed by atoms with E-state index in [1.165, 1.54) is 0 Å². The number of aromatic amines is 1. The van der Waals surface area contributed by atoms with Crippen LogP contribution in [0.15, 0.2) is 21.4 Å². The fourth-order valence-corrected chi connectivity index (χ4v) is 3.25. The Morgan fingerprint density at radius 2 is 2.05 bits per heavy atom. The van der Waals surface area contributed by atoms with Gasteiger partial charge in [-0.3, -0.25) is 4.79 Å². The molecular formula is C12H7BrF2N2OS. The summed E-state index contributed by atoms with van der Waals surface area (Å²) in [6.45, 7) is 0. The molecule has 0 unspecified atom stereocenters. The number of thioether (sulfide) groups is 1. The third-order valence-corrected chi connectivity index (χ3v) is 4.43. The van der Waals surface area contributed by atoms with Crippen molar-refractivity contribution in [1.29, 1.82) is 0 Å². The molecule has 1 aromatic heterocycles. The number of halogens is 3. The molecule has 0 bridgehead atoms. The summed E-state index contributed by atoms with van der Waals surface area (Å²) < 4.78 is 27.4. The van der Waals surface area contributed by atoms with Crippen molar-refractivity contribution in [3.63, 3.8) is 0 Å². The lowest BCUT2D eigenvalue weighted by Gasteiger charge is -2.06. The molecule has 2 heterocycles. The average molecular weight is 345 g/mol. The van der Waals surface area contributed by atoms with Crippen molar-refractivity contribution in [2.75, 3.05) is 0 Å². The lowest BCUT2D eigenvalue weighted by molar-refractivity contribution is 0.596. The van der Waals surface area contributed by atoms with Gasteiger partial charge in [0.1, 0.15) is 17.5 Å². The van der Waals surface area contributed by atoms with E-state index >= 15 is 0 Å². The number of rotatable bonds is 1. The second-order valence-electron chi connectivity index (χ2n) is 4.08. The third-order valence-electron chi connectivity index (χ3n) is 2.85. The molecular weight excluding hydrogens is 338 g/mol. The lowest BCUT2D eigenvalue weighted by atomic mass is 10.1. The van der Waals surface area contributed by atoms with Crippen LogP contribution < -0.4 is 5.56 Å². The fourth-order valence-electron chi connectivity index (χ4n) is 1.89. The molecule has 1 aliphatic heterocycles. The van der Waals surface area contributed by atoms with Gasteiger partial charge in [0.05, 0.1) is 15.7 Å². The number of hydrogen-bond donors (Lipinski definition) is 1. The van der Waals surface area contributed by atoms with E-state index in [-0.39, 0.29) is 21.4 Å². The van der Waals surface area contributed by atoms with Crippen LogP contribution in [-0.4, -0.2) is 9.97 Å². The Bertz CT molecular complexity index is 732. The van der Waals surface area contributed by atoms with Gasteiger partial charge in [0.2, 0.25) is 0 Å². The largest absolute Gasteiger partial charge is 0.306 e. The smallest absolute Gasteiger partial charge is 0.255 e. The summed E-state index contributed by atoms with van der Waals surface area (Å²) in [5, 5.41) is 0. The first-order valence-electron chi connectivity index (χ1n) is 5.41. The molecule has 98 valence electrons. The molecule has 3 nitrogen and oxygen atoms in total. The quantitative estimate of drug-likeness (QED) is 0.808. The number of benzene rings is 1. The molecule has 1 aliphatic rings. The number of fused-ring (bicyclic) bond motifs is 1. The zero-order valence-corrected chi connectivity index (χ0v) is 11.9. The van der Waals surface area contributed by atoms with Crippen LogP contribution in [0, 0.1) is 11.6 Å². The summed E-state index contributed by atoms with van der Waals surface area (Å²) in [6, 6.07) is 2.04. The minimum absolute atomic E-state index is 0.0350. The molecule has 1 N–H and O–H groups in total. The topological polar surface area (TPSA) is 45.8 Å². The molecule has 0 fully saturated rings. The predicted octanol–water partition coefficient (Wildman–Crippen LogP) is 3.22. The van der Waals surface area contributed by atoms with Crippen molar-refractivity contribution in [2.24, 2.45) is 0 Å². The molecule has 0 amide bonds. The van der Waals surface area contributed by atoms with Crippen molar-refractivity contribution in [2.45, 2.75) is 11.5 Å². The van der Waals surface area contributed by atoms with Crippen LogP contribution in [0.1, 0.15) is 11.3 Å². The third kappa shape index (κ3) is 2.21. The highest BCUT2D eigenvalue weighted by Gasteiger charge is 2.20. The van der Waals surface area contributed by atoms with E-state index in [0.29, 0.717) is 22.8 Å². The summed E-state index contributed by atoms with van der Waals surface area (Å²) in [6.07, 6.45) is 0. The van der Waals surface area contributed by atoms with Crippen LogP contribution in [0.3, 0.4) is 0 Å². The second-order valence-corrected chi connectivity index (χ2v) is 5.92. The summed E-state index contributed by atoms with van der Waals surface area (Å²) in [4.78, 5) is 18.6. The van der Waals surface area contributed by atoms with Gasteiger partial charge in [-0.15, -0.1) is 0 Å². The second kappa shape index (κ2) is 4.72. The van der Waals surface area contributed by atoms with E-state index < -0.39 is 11.6 Å². The molecule has 3 rings (SSSR count). The number of H-pyrrole nitrogens is 1. The lowest BCUT2D eigenvalue weighted by Crippen LogP contribution is -2.15. The Hall–Kier alpha value is -1.21.